The number of carbonyl (C=O) groups is 1. The number of nitrogens with zero attached hydrogens (tertiary/aromatic N) is 2. The zero-order valence-corrected chi connectivity index (χ0v) is 7.31. The van der Waals surface area contributed by atoms with Crippen LogP contribution in [-0.4, -0.2) is 20.6 Å². The van der Waals surface area contributed by atoms with E-state index in [1.165, 1.54) is 19.0 Å². The summed E-state index contributed by atoms with van der Waals surface area (Å²) in [6.45, 7) is 0. The highest BCUT2D eigenvalue weighted by Gasteiger charge is 2.21. The molecule has 0 saturated heterocycles. The molecule has 1 saturated carbocycles. The van der Waals surface area contributed by atoms with E-state index >= 15 is 0 Å². The normalized spacial score (nSPS) is 17.8. The summed E-state index contributed by atoms with van der Waals surface area (Å²) in [5, 5.41) is 8.85. The van der Waals surface area contributed by atoms with Crippen molar-refractivity contribution in [3.05, 3.63) is 18.2 Å². The van der Waals surface area contributed by atoms with Gasteiger partial charge in [0.2, 0.25) is 0 Å². The first kappa shape index (κ1) is 8.29. The molecule has 70 valence electrons. The van der Waals surface area contributed by atoms with E-state index in [0.717, 1.165) is 12.8 Å². The van der Waals surface area contributed by atoms with Crippen molar-refractivity contribution in [3.8, 4) is 0 Å². The zero-order valence-electron chi connectivity index (χ0n) is 7.31. The van der Waals surface area contributed by atoms with Crippen molar-refractivity contribution in [1.82, 2.24) is 9.55 Å². The first-order chi connectivity index (χ1) is 6.29. The second-order valence-electron chi connectivity index (χ2n) is 3.43. The average molecular weight is 180 g/mol. The van der Waals surface area contributed by atoms with E-state index in [9.17, 15) is 4.79 Å². The maximum absolute atomic E-state index is 10.8. The number of hydrogen-bond acceptors (Lipinski definition) is 2. The summed E-state index contributed by atoms with van der Waals surface area (Å²) in [6.07, 6.45) is 7.59. The summed E-state index contributed by atoms with van der Waals surface area (Å²) in [6, 6.07) is 0.355. The molecule has 0 bridgehead atoms. The van der Waals surface area contributed by atoms with Gasteiger partial charge < -0.3 is 9.67 Å². The lowest BCUT2D eigenvalue weighted by Crippen LogP contribution is -2.11. The number of aromatic carboxylic acids is 1. The number of imidazole rings is 1. The van der Waals surface area contributed by atoms with Crippen LogP contribution in [-0.2, 0) is 0 Å². The van der Waals surface area contributed by atoms with Crippen LogP contribution in [0.1, 0.15) is 42.2 Å². The van der Waals surface area contributed by atoms with Gasteiger partial charge in [0.05, 0.1) is 12.5 Å². The molecule has 4 heteroatoms. The second kappa shape index (κ2) is 3.20. The minimum Gasteiger partial charge on any atom is -0.477 e. The van der Waals surface area contributed by atoms with Gasteiger partial charge in [-0.15, -0.1) is 0 Å². The van der Waals surface area contributed by atoms with Crippen LogP contribution < -0.4 is 0 Å². The third-order valence-corrected chi connectivity index (χ3v) is 2.60. The van der Waals surface area contributed by atoms with Crippen LogP contribution in [0.2, 0.25) is 0 Å². The highest BCUT2D eigenvalue weighted by Crippen LogP contribution is 2.30. The van der Waals surface area contributed by atoms with Crippen molar-refractivity contribution < 1.29 is 9.90 Å². The van der Waals surface area contributed by atoms with Gasteiger partial charge in [-0.1, -0.05) is 12.8 Å². The molecule has 1 aliphatic rings. The van der Waals surface area contributed by atoms with Crippen molar-refractivity contribution in [2.45, 2.75) is 31.7 Å². The van der Waals surface area contributed by atoms with Crippen LogP contribution >= 0.6 is 0 Å². The SMILES string of the molecule is O=C(O)c1cncn1C1CCCC1. The first-order valence-corrected chi connectivity index (χ1v) is 4.54. The first-order valence-electron chi connectivity index (χ1n) is 4.54. The molecular formula is C9H12N2O2. The highest BCUT2D eigenvalue weighted by atomic mass is 16.4. The Morgan fingerprint density at radius 1 is 1.54 bits per heavy atom. The van der Waals surface area contributed by atoms with Gasteiger partial charge in [0.15, 0.2) is 0 Å². The van der Waals surface area contributed by atoms with E-state index in [-0.39, 0.29) is 0 Å². The average Bonchev–Trinajstić information content (AvgIpc) is 2.74. The van der Waals surface area contributed by atoms with E-state index in [4.69, 9.17) is 5.11 Å². The van der Waals surface area contributed by atoms with Gasteiger partial charge in [0, 0.05) is 6.04 Å². The van der Waals surface area contributed by atoms with Crippen LogP contribution in [0.5, 0.6) is 0 Å². The molecule has 4 nitrogen and oxygen atoms in total. The molecule has 0 aliphatic heterocycles. The van der Waals surface area contributed by atoms with E-state index < -0.39 is 5.97 Å². The Morgan fingerprint density at radius 3 is 2.85 bits per heavy atom. The van der Waals surface area contributed by atoms with Gasteiger partial charge >= 0.3 is 5.97 Å². The van der Waals surface area contributed by atoms with Crippen molar-refractivity contribution in [3.63, 3.8) is 0 Å². The molecule has 1 fully saturated rings. The Bertz CT molecular complexity index is 313. The Kier molecular flexibility index (Phi) is 2.04. The van der Waals surface area contributed by atoms with Crippen LogP contribution in [0, 0.1) is 0 Å². The fourth-order valence-corrected chi connectivity index (χ4v) is 1.94. The third-order valence-electron chi connectivity index (χ3n) is 2.60. The Balaban J connectivity index is 2.28. The monoisotopic (exact) mass is 180 g/mol. The van der Waals surface area contributed by atoms with E-state index in [0.29, 0.717) is 11.7 Å². The predicted molar refractivity (Wildman–Crippen MR) is 46.7 cm³/mol. The summed E-state index contributed by atoms with van der Waals surface area (Å²) in [4.78, 5) is 14.6. The van der Waals surface area contributed by atoms with Gasteiger partial charge in [-0.2, -0.15) is 0 Å². The van der Waals surface area contributed by atoms with Gasteiger partial charge in [-0.3, -0.25) is 0 Å². The fourth-order valence-electron chi connectivity index (χ4n) is 1.94. The van der Waals surface area contributed by atoms with E-state index in [1.807, 2.05) is 0 Å². The molecule has 0 spiro atoms. The molecule has 1 aromatic heterocycles. The fraction of sp³-hybridized carbons (Fsp3) is 0.556. The summed E-state index contributed by atoms with van der Waals surface area (Å²) in [7, 11) is 0. The summed E-state index contributed by atoms with van der Waals surface area (Å²) in [5.41, 5.74) is 0.312. The topological polar surface area (TPSA) is 55.1 Å². The quantitative estimate of drug-likeness (QED) is 0.753. The number of carboxylic acid groups (broad SMARTS) is 1. The molecule has 0 aromatic carbocycles. The lowest BCUT2D eigenvalue weighted by molar-refractivity contribution is 0.0682. The predicted octanol–water partition coefficient (Wildman–Crippen LogP) is 1.70. The highest BCUT2D eigenvalue weighted by molar-refractivity contribution is 5.85. The molecule has 0 amide bonds. The molecule has 0 unspecified atom stereocenters. The number of carboxylic acids is 1. The Hall–Kier alpha value is -1.32. The van der Waals surface area contributed by atoms with Crippen molar-refractivity contribution in [1.29, 1.82) is 0 Å². The second-order valence-corrected chi connectivity index (χ2v) is 3.43. The molecule has 1 heterocycles. The molecule has 1 aromatic rings. The van der Waals surface area contributed by atoms with Crippen LogP contribution in [0.15, 0.2) is 12.5 Å². The van der Waals surface area contributed by atoms with Crippen LogP contribution in [0.3, 0.4) is 0 Å². The third kappa shape index (κ3) is 1.43. The smallest absolute Gasteiger partial charge is 0.354 e. The molecule has 0 radical (unpaired) electrons. The van der Waals surface area contributed by atoms with Gasteiger partial charge in [-0.25, -0.2) is 9.78 Å². The minimum absolute atomic E-state index is 0.312. The van der Waals surface area contributed by atoms with Gasteiger partial charge in [0.1, 0.15) is 5.69 Å². The number of hydrogen-bond donors (Lipinski definition) is 1. The molecule has 2 rings (SSSR count). The van der Waals surface area contributed by atoms with Crippen LogP contribution in [0.25, 0.3) is 0 Å². The van der Waals surface area contributed by atoms with Gasteiger partial charge in [0.25, 0.3) is 0 Å². The maximum atomic E-state index is 10.8. The van der Waals surface area contributed by atoms with Crippen molar-refractivity contribution in [2.75, 3.05) is 0 Å². The van der Waals surface area contributed by atoms with Crippen molar-refractivity contribution >= 4 is 5.97 Å². The zero-order chi connectivity index (χ0) is 9.26. The number of aromatic nitrogens is 2. The standard InChI is InChI=1S/C9H12N2O2/c12-9(13)8-5-10-6-11(8)7-3-1-2-4-7/h5-7H,1-4H2,(H,12,13). The van der Waals surface area contributed by atoms with E-state index in [1.54, 1.807) is 10.9 Å². The summed E-state index contributed by atoms with van der Waals surface area (Å²) < 4.78 is 1.79. The molecule has 1 N–H and O–H groups in total. The molecule has 1 aliphatic carbocycles. The van der Waals surface area contributed by atoms with E-state index in [2.05, 4.69) is 4.98 Å². The lowest BCUT2D eigenvalue weighted by Gasteiger charge is -2.12. The van der Waals surface area contributed by atoms with Crippen molar-refractivity contribution in [2.24, 2.45) is 0 Å². The van der Waals surface area contributed by atoms with Gasteiger partial charge in [-0.05, 0) is 12.8 Å². The lowest BCUT2D eigenvalue weighted by atomic mass is 10.2. The number of rotatable bonds is 2. The maximum Gasteiger partial charge on any atom is 0.354 e. The molecular weight excluding hydrogens is 168 g/mol. The van der Waals surface area contributed by atoms with Crippen LogP contribution in [0.4, 0.5) is 0 Å². The molecule has 0 atom stereocenters. The summed E-state index contributed by atoms with van der Waals surface area (Å²) >= 11 is 0. The summed E-state index contributed by atoms with van der Waals surface area (Å²) in [5.74, 6) is -0.885. The Labute approximate surface area is 76.2 Å². The molecule has 13 heavy (non-hydrogen) atoms. The largest absolute Gasteiger partial charge is 0.477 e. The Morgan fingerprint density at radius 2 is 2.23 bits per heavy atom. The minimum atomic E-state index is -0.885.